The van der Waals surface area contributed by atoms with Gasteiger partial charge >= 0.3 is 0 Å². The normalized spacial score (nSPS) is 16.0. The lowest BCUT2D eigenvalue weighted by atomic mass is 10.0. The number of sulfonamides is 1. The molecule has 0 amide bonds. The summed E-state index contributed by atoms with van der Waals surface area (Å²) in [7, 11) is -3.56. The first-order valence-electron chi connectivity index (χ1n) is 9.38. The van der Waals surface area contributed by atoms with Crippen molar-refractivity contribution in [2.45, 2.75) is 50.5 Å². The highest BCUT2D eigenvalue weighted by Gasteiger charge is 2.15. The van der Waals surface area contributed by atoms with Gasteiger partial charge in [-0.2, -0.15) is 0 Å². The van der Waals surface area contributed by atoms with Crippen LogP contribution in [0.3, 0.4) is 0 Å². The van der Waals surface area contributed by atoms with Crippen LogP contribution in [0.25, 0.3) is 0 Å². The molecule has 0 radical (unpaired) electrons. The van der Waals surface area contributed by atoms with E-state index in [0.29, 0.717) is 16.5 Å². The highest BCUT2D eigenvalue weighted by molar-refractivity contribution is 7.92. The fourth-order valence-electron chi connectivity index (χ4n) is 3.30. The fourth-order valence-corrected chi connectivity index (χ4v) is 4.36. The summed E-state index contributed by atoms with van der Waals surface area (Å²) in [6.45, 7) is 7.42. The first kappa shape index (κ1) is 18.9. The van der Waals surface area contributed by atoms with E-state index in [4.69, 9.17) is 0 Å². The van der Waals surface area contributed by atoms with E-state index in [1.807, 2.05) is 36.4 Å². The number of hydrogen-bond acceptors (Lipinski definition) is 3. The standard InChI is InChI=1S/C21H28N2O2S/c1-17(2)19-8-12-21(13-9-19)26(24,25)22-20-10-6-18(7-11-20)16-23-14-4-3-5-15-23/h6-13,17,22H,3-5,14-16H2,1-2H3. The van der Waals surface area contributed by atoms with E-state index in [-0.39, 0.29) is 0 Å². The molecule has 1 heterocycles. The van der Waals surface area contributed by atoms with Gasteiger partial charge in [-0.3, -0.25) is 9.62 Å². The Morgan fingerprint density at radius 1 is 0.923 bits per heavy atom. The molecule has 0 bridgehead atoms. The lowest BCUT2D eigenvalue weighted by Crippen LogP contribution is -2.29. The summed E-state index contributed by atoms with van der Waals surface area (Å²) in [6, 6.07) is 14.8. The van der Waals surface area contributed by atoms with E-state index in [1.54, 1.807) is 12.1 Å². The van der Waals surface area contributed by atoms with Gasteiger partial charge in [0.15, 0.2) is 0 Å². The summed E-state index contributed by atoms with van der Waals surface area (Å²) in [4.78, 5) is 2.75. The summed E-state index contributed by atoms with van der Waals surface area (Å²) in [6.07, 6.45) is 3.87. The maximum absolute atomic E-state index is 12.6. The zero-order valence-electron chi connectivity index (χ0n) is 15.6. The fraction of sp³-hybridized carbons (Fsp3) is 0.429. The highest BCUT2D eigenvalue weighted by atomic mass is 32.2. The highest BCUT2D eigenvalue weighted by Crippen LogP contribution is 2.21. The van der Waals surface area contributed by atoms with E-state index in [0.717, 1.165) is 25.2 Å². The van der Waals surface area contributed by atoms with Crippen molar-refractivity contribution in [2.75, 3.05) is 17.8 Å². The van der Waals surface area contributed by atoms with Crippen molar-refractivity contribution in [3.63, 3.8) is 0 Å². The van der Waals surface area contributed by atoms with Gasteiger partial charge in [-0.15, -0.1) is 0 Å². The van der Waals surface area contributed by atoms with Gasteiger partial charge in [0.25, 0.3) is 10.0 Å². The van der Waals surface area contributed by atoms with E-state index in [9.17, 15) is 8.42 Å². The van der Waals surface area contributed by atoms with E-state index >= 15 is 0 Å². The molecule has 1 saturated heterocycles. The molecule has 2 aromatic carbocycles. The molecular weight excluding hydrogens is 344 g/mol. The third-order valence-electron chi connectivity index (χ3n) is 4.92. The summed E-state index contributed by atoms with van der Waals surface area (Å²) >= 11 is 0. The predicted octanol–water partition coefficient (Wildman–Crippen LogP) is 4.60. The van der Waals surface area contributed by atoms with Crippen LogP contribution in [0.2, 0.25) is 0 Å². The van der Waals surface area contributed by atoms with Crippen molar-refractivity contribution >= 4 is 15.7 Å². The number of nitrogens with one attached hydrogen (secondary N) is 1. The van der Waals surface area contributed by atoms with Gasteiger partial charge in [0.05, 0.1) is 4.90 Å². The van der Waals surface area contributed by atoms with Gasteiger partial charge in [0.1, 0.15) is 0 Å². The van der Waals surface area contributed by atoms with Crippen molar-refractivity contribution in [2.24, 2.45) is 0 Å². The number of anilines is 1. The van der Waals surface area contributed by atoms with Crippen LogP contribution in [0.4, 0.5) is 5.69 Å². The number of rotatable bonds is 6. The van der Waals surface area contributed by atoms with Crippen LogP contribution in [0.1, 0.15) is 50.2 Å². The van der Waals surface area contributed by atoms with E-state index in [2.05, 4.69) is 23.5 Å². The van der Waals surface area contributed by atoms with Gasteiger partial charge in [0, 0.05) is 12.2 Å². The van der Waals surface area contributed by atoms with Gasteiger partial charge in [0.2, 0.25) is 0 Å². The second-order valence-electron chi connectivity index (χ2n) is 7.36. The minimum atomic E-state index is -3.56. The summed E-state index contributed by atoms with van der Waals surface area (Å²) in [5.74, 6) is 0.382. The Hall–Kier alpha value is -1.85. The third kappa shape index (κ3) is 4.86. The van der Waals surface area contributed by atoms with E-state index in [1.165, 1.54) is 24.8 Å². The smallest absolute Gasteiger partial charge is 0.261 e. The van der Waals surface area contributed by atoms with Crippen molar-refractivity contribution in [3.05, 3.63) is 59.7 Å². The molecule has 2 aromatic rings. The molecule has 3 rings (SSSR count). The first-order valence-corrected chi connectivity index (χ1v) is 10.9. The molecule has 140 valence electrons. The summed E-state index contributed by atoms with van der Waals surface area (Å²) < 4.78 is 27.8. The molecular formula is C21H28N2O2S. The number of benzene rings is 2. The van der Waals surface area contributed by atoms with Crippen LogP contribution in [0.5, 0.6) is 0 Å². The van der Waals surface area contributed by atoms with Crippen molar-refractivity contribution < 1.29 is 8.42 Å². The zero-order chi connectivity index (χ0) is 18.6. The van der Waals surface area contributed by atoms with Crippen molar-refractivity contribution in [1.82, 2.24) is 4.90 Å². The van der Waals surface area contributed by atoms with Crippen LogP contribution in [-0.2, 0) is 16.6 Å². The van der Waals surface area contributed by atoms with Crippen LogP contribution in [0.15, 0.2) is 53.4 Å². The minimum Gasteiger partial charge on any atom is -0.299 e. The average Bonchev–Trinajstić information content (AvgIpc) is 2.64. The van der Waals surface area contributed by atoms with Gasteiger partial charge in [-0.05, 0) is 67.2 Å². The van der Waals surface area contributed by atoms with Crippen LogP contribution in [-0.4, -0.2) is 26.4 Å². The second kappa shape index (κ2) is 8.23. The van der Waals surface area contributed by atoms with Crippen LogP contribution in [0, 0.1) is 0 Å². The summed E-state index contributed by atoms with van der Waals surface area (Å²) in [5.41, 5.74) is 2.95. The quantitative estimate of drug-likeness (QED) is 0.806. The Balaban J connectivity index is 1.65. The largest absolute Gasteiger partial charge is 0.299 e. The second-order valence-corrected chi connectivity index (χ2v) is 9.05. The molecule has 0 spiro atoms. The Morgan fingerprint density at radius 2 is 1.54 bits per heavy atom. The van der Waals surface area contributed by atoms with E-state index < -0.39 is 10.0 Å². The molecule has 0 aliphatic carbocycles. The molecule has 0 saturated carbocycles. The number of likely N-dealkylation sites (tertiary alicyclic amines) is 1. The number of piperidine rings is 1. The van der Waals surface area contributed by atoms with Gasteiger partial charge in [-0.25, -0.2) is 8.42 Å². The lowest BCUT2D eigenvalue weighted by molar-refractivity contribution is 0.221. The first-order chi connectivity index (χ1) is 12.4. The molecule has 0 atom stereocenters. The summed E-state index contributed by atoms with van der Waals surface area (Å²) in [5, 5.41) is 0. The molecule has 0 aromatic heterocycles. The van der Waals surface area contributed by atoms with Crippen LogP contribution < -0.4 is 4.72 Å². The molecule has 26 heavy (non-hydrogen) atoms. The Bertz CT molecular complexity index is 806. The predicted molar refractivity (Wildman–Crippen MR) is 107 cm³/mol. The molecule has 1 N–H and O–H groups in total. The molecule has 1 fully saturated rings. The Kier molecular flexibility index (Phi) is 5.99. The SMILES string of the molecule is CC(C)c1ccc(S(=O)(=O)Nc2ccc(CN3CCCCC3)cc2)cc1. The topological polar surface area (TPSA) is 49.4 Å². The zero-order valence-corrected chi connectivity index (χ0v) is 16.4. The molecule has 0 unspecified atom stereocenters. The molecule has 1 aliphatic heterocycles. The Morgan fingerprint density at radius 3 is 2.12 bits per heavy atom. The number of nitrogens with zero attached hydrogens (tertiary/aromatic N) is 1. The number of hydrogen-bond donors (Lipinski definition) is 1. The molecule has 1 aliphatic rings. The third-order valence-corrected chi connectivity index (χ3v) is 6.32. The van der Waals surface area contributed by atoms with Crippen molar-refractivity contribution in [3.8, 4) is 0 Å². The van der Waals surface area contributed by atoms with Gasteiger partial charge in [-0.1, -0.05) is 44.5 Å². The van der Waals surface area contributed by atoms with Gasteiger partial charge < -0.3 is 0 Å². The molecule has 5 heteroatoms. The maximum atomic E-state index is 12.6. The lowest BCUT2D eigenvalue weighted by Gasteiger charge is -2.26. The maximum Gasteiger partial charge on any atom is 0.261 e. The molecule has 4 nitrogen and oxygen atoms in total. The average molecular weight is 373 g/mol. The monoisotopic (exact) mass is 372 g/mol. The Labute approximate surface area is 157 Å². The van der Waals surface area contributed by atoms with Crippen LogP contribution >= 0.6 is 0 Å². The van der Waals surface area contributed by atoms with Crippen molar-refractivity contribution in [1.29, 1.82) is 0 Å². The minimum absolute atomic E-state index is 0.291.